The fraction of sp³-hybridized carbons (Fsp3) is 0.263. The van der Waals surface area contributed by atoms with Crippen LogP contribution in [0.15, 0.2) is 54.6 Å². The van der Waals surface area contributed by atoms with Gasteiger partial charge in [0.15, 0.2) is 6.29 Å². The molecule has 2 atom stereocenters. The van der Waals surface area contributed by atoms with E-state index in [9.17, 15) is 4.21 Å². The van der Waals surface area contributed by atoms with Crippen LogP contribution in [0.4, 0.5) is 0 Å². The summed E-state index contributed by atoms with van der Waals surface area (Å²) in [6.07, 6.45) is 4.30. The van der Waals surface area contributed by atoms with Crippen LogP contribution in [-0.2, 0) is 24.5 Å². The molecule has 2 aromatic rings. The van der Waals surface area contributed by atoms with E-state index in [4.69, 9.17) is 24.3 Å². The van der Waals surface area contributed by atoms with Crippen molar-refractivity contribution in [3.63, 3.8) is 0 Å². The molecule has 0 amide bonds. The van der Waals surface area contributed by atoms with E-state index in [0.717, 1.165) is 16.9 Å². The van der Waals surface area contributed by atoms with Crippen molar-refractivity contribution in [2.45, 2.75) is 13.2 Å². The van der Waals surface area contributed by atoms with Gasteiger partial charge in [0.05, 0.1) is 6.61 Å². The zero-order chi connectivity index (χ0) is 17.9. The summed E-state index contributed by atoms with van der Waals surface area (Å²) in [5, 5.41) is 0. The van der Waals surface area contributed by atoms with Gasteiger partial charge in [-0.05, 0) is 18.6 Å². The summed E-state index contributed by atoms with van der Waals surface area (Å²) in [7, 11) is 0. The van der Waals surface area contributed by atoms with Crippen molar-refractivity contribution in [1.82, 2.24) is 0 Å². The van der Waals surface area contributed by atoms with Crippen LogP contribution < -0.4 is 4.74 Å². The lowest BCUT2D eigenvalue weighted by molar-refractivity contribution is -0.0720. The van der Waals surface area contributed by atoms with Gasteiger partial charge in [0.2, 0.25) is 0 Å². The van der Waals surface area contributed by atoms with Crippen LogP contribution in [0, 0.1) is 12.3 Å². The lowest BCUT2D eigenvalue weighted by atomic mass is 10.1. The Bertz CT molecular complexity index is 711. The molecular formula is C19H20O5S. The van der Waals surface area contributed by atoms with Gasteiger partial charge < -0.3 is 9.47 Å². The van der Waals surface area contributed by atoms with Crippen LogP contribution in [0.3, 0.4) is 0 Å². The number of terminal acetylenes is 1. The predicted molar refractivity (Wildman–Crippen MR) is 96.8 cm³/mol. The molecular weight excluding hydrogens is 340 g/mol. The summed E-state index contributed by atoms with van der Waals surface area (Å²) in [6, 6.07) is 17.8. The molecule has 0 saturated carbocycles. The van der Waals surface area contributed by atoms with Gasteiger partial charge in [0, 0.05) is 5.56 Å². The molecule has 0 aliphatic carbocycles. The molecule has 0 aliphatic rings. The maximum atomic E-state index is 11.3. The third-order valence-corrected chi connectivity index (χ3v) is 3.86. The van der Waals surface area contributed by atoms with Crippen molar-refractivity contribution in [3.8, 4) is 29.2 Å². The molecule has 0 heterocycles. The standard InChI is InChI=1S/C19H20O5S/c1-3-13-23-25(20)24-16(2)21-14-15-22-19-12-8-7-11-18(19)17-9-5-4-6-10-17/h1,4-12,16H,13-15H2,2H3. The topological polar surface area (TPSA) is 54.0 Å². The highest BCUT2D eigenvalue weighted by molar-refractivity contribution is 7.75. The second kappa shape index (κ2) is 10.6. The van der Waals surface area contributed by atoms with Gasteiger partial charge in [-0.25, -0.2) is 4.18 Å². The summed E-state index contributed by atoms with van der Waals surface area (Å²) in [5.41, 5.74) is 2.09. The van der Waals surface area contributed by atoms with Gasteiger partial charge in [-0.2, -0.15) is 4.21 Å². The van der Waals surface area contributed by atoms with E-state index >= 15 is 0 Å². The number of ether oxygens (including phenoxy) is 2. The van der Waals surface area contributed by atoms with Gasteiger partial charge in [-0.3, -0.25) is 4.18 Å². The summed E-state index contributed by atoms with van der Waals surface area (Å²) in [5.74, 6) is 2.98. The molecule has 0 N–H and O–H groups in total. The minimum Gasteiger partial charge on any atom is -0.491 e. The van der Waals surface area contributed by atoms with Gasteiger partial charge in [0.25, 0.3) is 0 Å². The second-order valence-corrected chi connectivity index (χ2v) is 5.75. The third-order valence-electron chi connectivity index (χ3n) is 3.12. The summed E-state index contributed by atoms with van der Waals surface area (Å²) >= 11 is -1.93. The first kappa shape index (κ1) is 19.2. The van der Waals surface area contributed by atoms with Gasteiger partial charge in [-0.1, -0.05) is 54.5 Å². The Morgan fingerprint density at radius 3 is 2.56 bits per heavy atom. The molecule has 0 spiro atoms. The van der Waals surface area contributed by atoms with Crippen LogP contribution in [-0.4, -0.2) is 30.3 Å². The molecule has 5 nitrogen and oxygen atoms in total. The first-order valence-corrected chi connectivity index (χ1v) is 8.75. The molecule has 2 unspecified atom stereocenters. The molecule has 2 rings (SSSR count). The number of hydrogen-bond acceptors (Lipinski definition) is 5. The maximum absolute atomic E-state index is 11.3. The van der Waals surface area contributed by atoms with E-state index in [0.29, 0.717) is 6.61 Å². The first-order chi connectivity index (χ1) is 12.2. The van der Waals surface area contributed by atoms with Crippen LogP contribution >= 0.6 is 0 Å². The smallest absolute Gasteiger partial charge is 0.308 e. The Morgan fingerprint density at radius 2 is 1.80 bits per heavy atom. The van der Waals surface area contributed by atoms with Crippen LogP contribution in [0.25, 0.3) is 11.1 Å². The highest BCUT2D eigenvalue weighted by Crippen LogP contribution is 2.29. The quantitative estimate of drug-likeness (QED) is 0.369. The molecule has 0 saturated heterocycles. The Morgan fingerprint density at radius 1 is 1.08 bits per heavy atom. The molecule has 0 bridgehead atoms. The normalized spacial score (nSPS) is 13.0. The average molecular weight is 360 g/mol. The van der Waals surface area contributed by atoms with E-state index in [1.165, 1.54) is 0 Å². The molecule has 0 radical (unpaired) electrons. The SMILES string of the molecule is C#CCOS(=O)OC(C)OCCOc1ccccc1-c1ccccc1. The fourth-order valence-corrected chi connectivity index (χ4v) is 2.56. The maximum Gasteiger partial charge on any atom is 0.308 e. The molecule has 0 aliphatic heterocycles. The number of hydrogen-bond donors (Lipinski definition) is 0. The van der Waals surface area contributed by atoms with E-state index in [-0.39, 0.29) is 13.2 Å². The van der Waals surface area contributed by atoms with Crippen molar-refractivity contribution in [2.24, 2.45) is 0 Å². The van der Waals surface area contributed by atoms with Crippen LogP contribution in [0.2, 0.25) is 0 Å². The molecule has 132 valence electrons. The second-order valence-electron chi connectivity index (χ2n) is 4.92. The Balaban J connectivity index is 1.79. The Kier molecular flexibility index (Phi) is 8.16. The van der Waals surface area contributed by atoms with Crippen molar-refractivity contribution in [2.75, 3.05) is 19.8 Å². The van der Waals surface area contributed by atoms with Crippen molar-refractivity contribution >= 4 is 11.4 Å². The molecule has 0 fully saturated rings. The zero-order valence-corrected chi connectivity index (χ0v) is 14.7. The van der Waals surface area contributed by atoms with Crippen molar-refractivity contribution in [3.05, 3.63) is 54.6 Å². The first-order valence-electron chi connectivity index (χ1n) is 7.75. The molecule has 25 heavy (non-hydrogen) atoms. The van der Waals surface area contributed by atoms with Crippen molar-refractivity contribution in [1.29, 1.82) is 0 Å². The van der Waals surface area contributed by atoms with Crippen molar-refractivity contribution < 1.29 is 22.0 Å². The summed E-state index contributed by atoms with van der Waals surface area (Å²) in [4.78, 5) is 0. The van der Waals surface area contributed by atoms with E-state index < -0.39 is 17.7 Å². The molecule has 6 heteroatoms. The summed E-state index contributed by atoms with van der Waals surface area (Å²) < 4.78 is 32.2. The minimum absolute atomic E-state index is 0.0846. The predicted octanol–water partition coefficient (Wildman–Crippen LogP) is 3.34. The van der Waals surface area contributed by atoms with Crippen LogP contribution in [0.1, 0.15) is 6.92 Å². The fourth-order valence-electron chi connectivity index (χ4n) is 2.06. The van der Waals surface area contributed by atoms with E-state index in [1.54, 1.807) is 6.92 Å². The van der Waals surface area contributed by atoms with E-state index in [1.807, 2.05) is 54.6 Å². The third kappa shape index (κ3) is 6.69. The zero-order valence-electron chi connectivity index (χ0n) is 13.9. The number of rotatable bonds is 10. The Labute approximate surface area is 150 Å². The minimum atomic E-state index is -1.93. The monoisotopic (exact) mass is 360 g/mol. The number of benzene rings is 2. The highest BCUT2D eigenvalue weighted by Gasteiger charge is 2.09. The highest BCUT2D eigenvalue weighted by atomic mass is 32.2. The number of para-hydroxylation sites is 1. The molecule has 0 aromatic heterocycles. The van der Waals surface area contributed by atoms with Gasteiger partial charge in [-0.15, -0.1) is 6.42 Å². The molecule has 2 aromatic carbocycles. The largest absolute Gasteiger partial charge is 0.491 e. The summed E-state index contributed by atoms with van der Waals surface area (Å²) in [6.45, 7) is 2.14. The van der Waals surface area contributed by atoms with Gasteiger partial charge in [0.1, 0.15) is 19.0 Å². The van der Waals surface area contributed by atoms with Crippen LogP contribution in [0.5, 0.6) is 5.75 Å². The Hall–Kier alpha value is -2.17. The lowest BCUT2D eigenvalue weighted by Gasteiger charge is -2.14. The average Bonchev–Trinajstić information content (AvgIpc) is 2.64. The van der Waals surface area contributed by atoms with E-state index in [2.05, 4.69) is 5.92 Å². The van der Waals surface area contributed by atoms with Gasteiger partial charge >= 0.3 is 11.4 Å². The lowest BCUT2D eigenvalue weighted by Crippen LogP contribution is -2.19.